The third-order valence-corrected chi connectivity index (χ3v) is 5.46. The van der Waals surface area contributed by atoms with E-state index in [1.165, 1.54) is 13.3 Å². The van der Waals surface area contributed by atoms with E-state index in [2.05, 4.69) is 31.8 Å². The highest BCUT2D eigenvalue weighted by atomic mass is 79.9. The number of methoxy groups -OCH3 is 1. The minimum atomic E-state index is -0.381. The zero-order valence-corrected chi connectivity index (χ0v) is 21.4. The molecule has 0 aliphatic rings. The summed E-state index contributed by atoms with van der Waals surface area (Å²) in [4.78, 5) is 24.6. The highest BCUT2D eigenvalue weighted by molar-refractivity contribution is 9.10. The molecule has 2 amide bonds. The number of halogens is 2. The summed E-state index contributed by atoms with van der Waals surface area (Å²) in [5, 5.41) is 7.15. The van der Waals surface area contributed by atoms with Gasteiger partial charge in [-0.2, -0.15) is 5.10 Å². The molecule has 0 bridgehead atoms. The lowest BCUT2D eigenvalue weighted by molar-refractivity contribution is -0.118. The lowest BCUT2D eigenvalue weighted by Crippen LogP contribution is -2.20. The minimum Gasteiger partial charge on any atom is -0.497 e. The predicted octanol–water partition coefficient (Wildman–Crippen LogP) is 5.29. The maximum absolute atomic E-state index is 12.3. The van der Waals surface area contributed by atoms with Crippen LogP contribution in [0.5, 0.6) is 17.2 Å². The molecule has 8 nitrogen and oxygen atoms in total. The molecule has 0 aromatic heterocycles. The number of rotatable bonds is 10. The SMILES string of the molecule is CCOc1cc(/C=N/NC(=O)c2cccc(OC)c2)cc(Br)c1OCC(=O)Nc1ccccc1Cl. The number of nitrogens with zero attached hydrogens (tertiary/aromatic N) is 1. The molecule has 0 aliphatic carbocycles. The minimum absolute atomic E-state index is 0.256. The van der Waals surface area contributed by atoms with E-state index in [1.54, 1.807) is 60.7 Å². The lowest BCUT2D eigenvalue weighted by atomic mass is 10.2. The quantitative estimate of drug-likeness (QED) is 0.259. The Morgan fingerprint density at radius 3 is 2.63 bits per heavy atom. The smallest absolute Gasteiger partial charge is 0.271 e. The van der Waals surface area contributed by atoms with Gasteiger partial charge in [0.15, 0.2) is 18.1 Å². The maximum Gasteiger partial charge on any atom is 0.271 e. The summed E-state index contributed by atoms with van der Waals surface area (Å²) < 4.78 is 17.1. The first-order valence-corrected chi connectivity index (χ1v) is 11.7. The summed E-state index contributed by atoms with van der Waals surface area (Å²) in [6.45, 7) is 1.95. The molecule has 0 unspecified atom stereocenters. The van der Waals surface area contributed by atoms with Crippen molar-refractivity contribution in [2.45, 2.75) is 6.92 Å². The van der Waals surface area contributed by atoms with Gasteiger partial charge in [0.2, 0.25) is 0 Å². The van der Waals surface area contributed by atoms with Crippen LogP contribution in [0.4, 0.5) is 5.69 Å². The fourth-order valence-electron chi connectivity index (χ4n) is 2.95. The number of nitrogens with one attached hydrogen (secondary N) is 2. The number of para-hydroxylation sites is 1. The van der Waals surface area contributed by atoms with E-state index in [-0.39, 0.29) is 18.4 Å². The molecule has 3 aromatic rings. The third kappa shape index (κ3) is 7.46. The van der Waals surface area contributed by atoms with Crippen molar-refractivity contribution in [3.8, 4) is 17.2 Å². The molecule has 0 fully saturated rings. The van der Waals surface area contributed by atoms with Crippen LogP contribution in [0, 0.1) is 0 Å². The van der Waals surface area contributed by atoms with Crippen molar-refractivity contribution in [2.75, 3.05) is 25.6 Å². The maximum atomic E-state index is 12.3. The van der Waals surface area contributed by atoms with Crippen LogP contribution in [0.1, 0.15) is 22.8 Å². The zero-order valence-electron chi connectivity index (χ0n) is 19.0. The number of amides is 2. The van der Waals surface area contributed by atoms with Gasteiger partial charge in [0.25, 0.3) is 11.8 Å². The number of hydrogen-bond donors (Lipinski definition) is 2. The normalized spacial score (nSPS) is 10.6. The summed E-state index contributed by atoms with van der Waals surface area (Å²) in [5.41, 5.74) is 4.02. The Hall–Kier alpha value is -3.56. The Morgan fingerprint density at radius 2 is 1.89 bits per heavy atom. The lowest BCUT2D eigenvalue weighted by Gasteiger charge is -2.15. The number of carbonyl (C=O) groups excluding carboxylic acids is 2. The molecule has 0 saturated heterocycles. The van der Waals surface area contributed by atoms with E-state index in [0.29, 0.717) is 50.2 Å². The van der Waals surface area contributed by atoms with Crippen LogP contribution in [0.15, 0.2) is 70.2 Å². The molecule has 0 saturated carbocycles. The van der Waals surface area contributed by atoms with Gasteiger partial charge in [0.1, 0.15) is 5.75 Å². The van der Waals surface area contributed by atoms with Crippen LogP contribution >= 0.6 is 27.5 Å². The Bertz CT molecular complexity index is 1240. The Balaban J connectivity index is 1.67. The van der Waals surface area contributed by atoms with Gasteiger partial charge in [-0.3, -0.25) is 9.59 Å². The van der Waals surface area contributed by atoms with Crippen molar-refractivity contribution < 1.29 is 23.8 Å². The summed E-state index contributed by atoms with van der Waals surface area (Å²) in [7, 11) is 1.53. The molecule has 0 heterocycles. The van der Waals surface area contributed by atoms with Crippen molar-refractivity contribution >= 4 is 51.2 Å². The number of hydrazone groups is 1. The van der Waals surface area contributed by atoms with Crippen molar-refractivity contribution in [3.63, 3.8) is 0 Å². The fourth-order valence-corrected chi connectivity index (χ4v) is 3.70. The molecule has 0 spiro atoms. The van der Waals surface area contributed by atoms with Gasteiger partial charge in [0, 0.05) is 5.56 Å². The zero-order chi connectivity index (χ0) is 25.2. The van der Waals surface area contributed by atoms with E-state index in [0.717, 1.165) is 0 Å². The molecule has 0 aliphatic heterocycles. The highest BCUT2D eigenvalue weighted by Crippen LogP contribution is 2.36. The Labute approximate surface area is 216 Å². The van der Waals surface area contributed by atoms with E-state index in [1.807, 2.05) is 6.92 Å². The molecular formula is C25H23BrClN3O5. The van der Waals surface area contributed by atoms with Gasteiger partial charge in [0.05, 0.1) is 35.1 Å². The van der Waals surface area contributed by atoms with Crippen molar-refractivity contribution in [2.24, 2.45) is 5.10 Å². The standard InChI is InChI=1S/C25H23BrClN3O5/c1-3-34-22-12-16(14-28-30-25(32)17-7-6-8-18(13-17)33-2)11-19(26)24(22)35-15-23(31)29-21-10-5-4-9-20(21)27/h4-14H,3,15H2,1-2H3,(H,29,31)(H,30,32)/b28-14+. The van der Waals surface area contributed by atoms with Crippen LogP contribution in [-0.4, -0.2) is 38.4 Å². The van der Waals surface area contributed by atoms with Gasteiger partial charge >= 0.3 is 0 Å². The van der Waals surface area contributed by atoms with Gasteiger partial charge in [-0.25, -0.2) is 5.43 Å². The molecule has 3 rings (SSSR count). The van der Waals surface area contributed by atoms with E-state index >= 15 is 0 Å². The van der Waals surface area contributed by atoms with Crippen LogP contribution in [-0.2, 0) is 4.79 Å². The molecule has 2 N–H and O–H groups in total. The predicted molar refractivity (Wildman–Crippen MR) is 139 cm³/mol. The van der Waals surface area contributed by atoms with Crippen molar-refractivity contribution in [1.82, 2.24) is 5.43 Å². The topological polar surface area (TPSA) is 98.2 Å². The second-order valence-corrected chi connectivity index (χ2v) is 8.27. The number of benzene rings is 3. The van der Waals surface area contributed by atoms with Crippen LogP contribution in [0.2, 0.25) is 5.02 Å². The molecular weight excluding hydrogens is 538 g/mol. The summed E-state index contributed by atoms with van der Waals surface area (Å²) >= 11 is 9.53. The van der Waals surface area contributed by atoms with Gasteiger partial charge in [-0.15, -0.1) is 0 Å². The summed E-state index contributed by atoms with van der Waals surface area (Å²) in [5.74, 6) is 0.585. The highest BCUT2D eigenvalue weighted by Gasteiger charge is 2.15. The second kappa shape index (κ2) is 12.8. The average Bonchev–Trinajstić information content (AvgIpc) is 2.85. The molecule has 10 heteroatoms. The monoisotopic (exact) mass is 559 g/mol. The molecule has 35 heavy (non-hydrogen) atoms. The first-order valence-electron chi connectivity index (χ1n) is 10.5. The summed E-state index contributed by atoms with van der Waals surface area (Å²) in [6, 6.07) is 17.1. The van der Waals surface area contributed by atoms with E-state index in [4.69, 9.17) is 25.8 Å². The van der Waals surface area contributed by atoms with Gasteiger partial charge in [-0.05, 0) is 70.9 Å². The van der Waals surface area contributed by atoms with E-state index < -0.39 is 0 Å². The van der Waals surface area contributed by atoms with Crippen LogP contribution in [0.3, 0.4) is 0 Å². The van der Waals surface area contributed by atoms with Crippen LogP contribution < -0.4 is 25.0 Å². The van der Waals surface area contributed by atoms with E-state index in [9.17, 15) is 9.59 Å². The molecule has 3 aromatic carbocycles. The van der Waals surface area contributed by atoms with Crippen LogP contribution in [0.25, 0.3) is 0 Å². The van der Waals surface area contributed by atoms with Gasteiger partial charge < -0.3 is 19.5 Å². The first kappa shape index (κ1) is 26.1. The second-order valence-electron chi connectivity index (χ2n) is 7.01. The third-order valence-electron chi connectivity index (χ3n) is 4.54. The molecule has 0 radical (unpaired) electrons. The number of hydrogen-bond acceptors (Lipinski definition) is 6. The average molecular weight is 561 g/mol. The Morgan fingerprint density at radius 1 is 1.09 bits per heavy atom. The molecule has 0 atom stereocenters. The number of carbonyl (C=O) groups is 2. The van der Waals surface area contributed by atoms with Crippen molar-refractivity contribution in [3.05, 3.63) is 81.3 Å². The Kier molecular flexibility index (Phi) is 9.51. The molecule has 182 valence electrons. The number of ether oxygens (including phenoxy) is 3. The largest absolute Gasteiger partial charge is 0.497 e. The number of anilines is 1. The first-order chi connectivity index (χ1) is 16.9. The van der Waals surface area contributed by atoms with Gasteiger partial charge in [-0.1, -0.05) is 29.8 Å². The summed E-state index contributed by atoms with van der Waals surface area (Å²) in [6.07, 6.45) is 1.47. The van der Waals surface area contributed by atoms with Crippen molar-refractivity contribution in [1.29, 1.82) is 0 Å². The fraction of sp³-hybridized carbons (Fsp3) is 0.160.